The van der Waals surface area contributed by atoms with Gasteiger partial charge in [-0.25, -0.2) is 14.6 Å². The summed E-state index contributed by atoms with van der Waals surface area (Å²) in [7, 11) is 1.96. The second-order valence-electron chi connectivity index (χ2n) is 8.64. The number of carbonyl (C=O) groups excluding carboxylic acids is 1. The zero-order chi connectivity index (χ0) is 22.6. The lowest BCUT2D eigenvalue weighted by molar-refractivity contribution is 0.0746. The van der Waals surface area contributed by atoms with Crippen molar-refractivity contribution in [1.82, 2.24) is 24.6 Å². The molecule has 0 spiro atoms. The third kappa shape index (κ3) is 4.98. The van der Waals surface area contributed by atoms with Crippen LogP contribution in [0.4, 0.5) is 5.95 Å². The number of anilines is 1. The van der Waals surface area contributed by atoms with Crippen molar-refractivity contribution in [2.24, 2.45) is 12.0 Å². The summed E-state index contributed by atoms with van der Waals surface area (Å²) in [5.74, 6) is 0.785. The normalized spacial score (nSPS) is 18.0. The van der Waals surface area contributed by atoms with E-state index in [-0.39, 0.29) is 5.91 Å². The van der Waals surface area contributed by atoms with E-state index in [1.165, 1.54) is 32.1 Å². The molecule has 33 heavy (non-hydrogen) atoms. The Labute approximate surface area is 197 Å². The largest absolute Gasteiger partial charge is 0.337 e. The van der Waals surface area contributed by atoms with Crippen molar-refractivity contribution in [2.45, 2.75) is 38.1 Å². The molecule has 1 amide bonds. The summed E-state index contributed by atoms with van der Waals surface area (Å²) in [5, 5.41) is 5.61. The van der Waals surface area contributed by atoms with Gasteiger partial charge in [0.2, 0.25) is 10.7 Å². The quantitative estimate of drug-likeness (QED) is 0.594. The molecular weight excluding hydrogens is 434 g/mol. The number of aromatic nitrogens is 4. The Morgan fingerprint density at radius 2 is 1.70 bits per heavy atom. The number of aryl methyl sites for hydroxylation is 1. The van der Waals surface area contributed by atoms with Crippen LogP contribution >= 0.6 is 11.3 Å². The summed E-state index contributed by atoms with van der Waals surface area (Å²) < 4.78 is 1.88. The molecular formula is C24H29N7OS. The lowest BCUT2D eigenvalue weighted by Crippen LogP contribution is -2.49. The summed E-state index contributed by atoms with van der Waals surface area (Å²) in [5.41, 5.74) is 1.72. The van der Waals surface area contributed by atoms with E-state index in [0.717, 1.165) is 34.4 Å². The standard InChI is InChI=1S/C24H29N7OS/c1-29-24(27-20-6-3-2-4-7-20)33-21(28-29)18-8-10-19(11-9-18)22(32)30-14-16-31(17-15-30)23-25-12-5-13-26-23/h5,8-13,20H,2-4,6-7,14-17H2,1H3/b27-24+. The molecule has 0 unspecified atom stereocenters. The second kappa shape index (κ2) is 9.82. The third-order valence-corrected chi connectivity index (χ3v) is 7.42. The highest BCUT2D eigenvalue weighted by Gasteiger charge is 2.23. The maximum atomic E-state index is 13.0. The molecule has 2 fully saturated rings. The fourth-order valence-corrected chi connectivity index (χ4v) is 5.41. The van der Waals surface area contributed by atoms with Gasteiger partial charge in [0.15, 0.2) is 0 Å². The Morgan fingerprint density at radius 3 is 2.39 bits per heavy atom. The van der Waals surface area contributed by atoms with Crippen molar-refractivity contribution in [3.63, 3.8) is 0 Å². The van der Waals surface area contributed by atoms with Crippen molar-refractivity contribution in [3.05, 3.63) is 53.1 Å². The highest BCUT2D eigenvalue weighted by Crippen LogP contribution is 2.23. The molecule has 9 heteroatoms. The number of benzene rings is 1. The molecule has 2 aromatic heterocycles. The second-order valence-corrected chi connectivity index (χ2v) is 9.60. The lowest BCUT2D eigenvalue weighted by atomic mass is 9.96. The topological polar surface area (TPSA) is 79.5 Å². The first-order chi connectivity index (χ1) is 16.2. The van der Waals surface area contributed by atoms with Crippen LogP contribution in [-0.4, -0.2) is 62.8 Å². The third-order valence-electron chi connectivity index (χ3n) is 6.35. The lowest BCUT2D eigenvalue weighted by Gasteiger charge is -2.34. The van der Waals surface area contributed by atoms with Crippen LogP contribution in [0.5, 0.6) is 0 Å². The van der Waals surface area contributed by atoms with E-state index in [4.69, 9.17) is 4.99 Å². The van der Waals surface area contributed by atoms with E-state index < -0.39 is 0 Å². The van der Waals surface area contributed by atoms with Crippen LogP contribution < -0.4 is 9.70 Å². The monoisotopic (exact) mass is 463 g/mol. The van der Waals surface area contributed by atoms with Crippen LogP contribution in [0.15, 0.2) is 47.7 Å². The number of nitrogens with zero attached hydrogens (tertiary/aromatic N) is 7. The van der Waals surface area contributed by atoms with Crippen LogP contribution in [0.25, 0.3) is 10.6 Å². The van der Waals surface area contributed by atoms with E-state index in [1.807, 2.05) is 47.0 Å². The Morgan fingerprint density at radius 1 is 1.00 bits per heavy atom. The molecule has 1 aliphatic carbocycles. The summed E-state index contributed by atoms with van der Waals surface area (Å²) >= 11 is 1.62. The van der Waals surface area contributed by atoms with E-state index in [1.54, 1.807) is 23.7 Å². The Bertz CT molecular complexity index is 1140. The van der Waals surface area contributed by atoms with Crippen molar-refractivity contribution in [1.29, 1.82) is 0 Å². The SMILES string of the molecule is Cn1nc(-c2ccc(C(=O)N3CCN(c4ncccn4)CC3)cc2)s/c1=N/C1CCCCC1. The number of carbonyl (C=O) groups is 1. The molecule has 1 aliphatic heterocycles. The number of rotatable bonds is 4. The number of hydrogen-bond acceptors (Lipinski definition) is 7. The molecule has 0 N–H and O–H groups in total. The van der Waals surface area contributed by atoms with Gasteiger partial charge in [0.05, 0.1) is 6.04 Å². The van der Waals surface area contributed by atoms with Gasteiger partial charge in [-0.3, -0.25) is 9.79 Å². The van der Waals surface area contributed by atoms with E-state index in [0.29, 0.717) is 24.7 Å². The first kappa shape index (κ1) is 21.8. The highest BCUT2D eigenvalue weighted by atomic mass is 32.1. The Kier molecular flexibility index (Phi) is 6.48. The van der Waals surface area contributed by atoms with Crippen LogP contribution in [0.3, 0.4) is 0 Å². The molecule has 3 heterocycles. The van der Waals surface area contributed by atoms with Gasteiger partial charge in [0, 0.05) is 56.7 Å². The minimum absolute atomic E-state index is 0.0628. The minimum atomic E-state index is 0.0628. The van der Waals surface area contributed by atoms with E-state index in [2.05, 4.69) is 20.0 Å². The molecule has 172 valence electrons. The van der Waals surface area contributed by atoms with Crippen LogP contribution in [0, 0.1) is 0 Å². The van der Waals surface area contributed by atoms with Gasteiger partial charge in [-0.05, 0) is 31.0 Å². The average molecular weight is 464 g/mol. The summed E-state index contributed by atoms with van der Waals surface area (Å²) in [6.45, 7) is 2.79. The summed E-state index contributed by atoms with van der Waals surface area (Å²) in [6, 6.07) is 10.0. The first-order valence-electron chi connectivity index (χ1n) is 11.7. The van der Waals surface area contributed by atoms with Gasteiger partial charge >= 0.3 is 0 Å². The Hall–Kier alpha value is -3.07. The first-order valence-corrected chi connectivity index (χ1v) is 12.5. The molecule has 0 radical (unpaired) electrons. The van der Waals surface area contributed by atoms with Gasteiger partial charge in [0.1, 0.15) is 5.01 Å². The maximum absolute atomic E-state index is 13.0. The Balaban J connectivity index is 1.24. The molecule has 2 aliphatic rings. The number of piperazine rings is 1. The fourth-order valence-electron chi connectivity index (χ4n) is 4.45. The van der Waals surface area contributed by atoms with E-state index >= 15 is 0 Å². The summed E-state index contributed by atoms with van der Waals surface area (Å²) in [6.07, 6.45) is 9.72. The van der Waals surface area contributed by atoms with Gasteiger partial charge in [-0.15, -0.1) is 0 Å². The average Bonchev–Trinajstić information content (AvgIpc) is 3.25. The minimum Gasteiger partial charge on any atom is -0.337 e. The van der Waals surface area contributed by atoms with Crippen molar-refractivity contribution in [2.75, 3.05) is 31.1 Å². The molecule has 1 aromatic carbocycles. The van der Waals surface area contributed by atoms with Crippen molar-refractivity contribution in [3.8, 4) is 10.6 Å². The fraction of sp³-hybridized carbons (Fsp3) is 0.458. The van der Waals surface area contributed by atoms with Crippen molar-refractivity contribution < 1.29 is 4.79 Å². The molecule has 5 rings (SSSR count). The predicted molar refractivity (Wildman–Crippen MR) is 129 cm³/mol. The predicted octanol–water partition coefficient (Wildman–Crippen LogP) is 3.13. The number of amides is 1. The molecule has 0 atom stereocenters. The molecule has 8 nitrogen and oxygen atoms in total. The summed E-state index contributed by atoms with van der Waals surface area (Å²) in [4.78, 5) is 31.6. The van der Waals surface area contributed by atoms with Gasteiger partial charge < -0.3 is 9.80 Å². The highest BCUT2D eigenvalue weighted by molar-refractivity contribution is 7.12. The zero-order valence-electron chi connectivity index (χ0n) is 18.9. The number of hydrogen-bond donors (Lipinski definition) is 0. The van der Waals surface area contributed by atoms with Crippen LogP contribution in [0.2, 0.25) is 0 Å². The maximum Gasteiger partial charge on any atom is 0.253 e. The van der Waals surface area contributed by atoms with Gasteiger partial charge in [-0.1, -0.05) is 42.7 Å². The van der Waals surface area contributed by atoms with E-state index in [9.17, 15) is 4.79 Å². The van der Waals surface area contributed by atoms with Crippen molar-refractivity contribution >= 4 is 23.2 Å². The van der Waals surface area contributed by atoms with Gasteiger partial charge in [0.25, 0.3) is 5.91 Å². The molecule has 1 saturated heterocycles. The molecule has 1 saturated carbocycles. The molecule has 3 aromatic rings. The van der Waals surface area contributed by atoms with Gasteiger partial charge in [-0.2, -0.15) is 5.10 Å². The zero-order valence-corrected chi connectivity index (χ0v) is 19.7. The van der Waals surface area contributed by atoms with Crippen LogP contribution in [-0.2, 0) is 7.05 Å². The molecule has 0 bridgehead atoms. The smallest absolute Gasteiger partial charge is 0.253 e. The van der Waals surface area contributed by atoms with Crippen LogP contribution in [0.1, 0.15) is 42.5 Å².